The Morgan fingerprint density at radius 1 is 0.974 bits per heavy atom. The van der Waals surface area contributed by atoms with Crippen molar-refractivity contribution in [1.82, 2.24) is 9.80 Å². The van der Waals surface area contributed by atoms with Gasteiger partial charge < -0.3 is 4.90 Å². The number of likely N-dealkylation sites (tertiary alicyclic amines) is 1. The second-order valence-corrected chi connectivity index (χ2v) is 10.4. The van der Waals surface area contributed by atoms with E-state index in [1.165, 1.54) is 42.5 Å². The van der Waals surface area contributed by atoms with Crippen LogP contribution in [-0.4, -0.2) is 41.9 Å². The van der Waals surface area contributed by atoms with Gasteiger partial charge in [0.15, 0.2) is 0 Å². The van der Waals surface area contributed by atoms with Gasteiger partial charge in [-0.3, -0.25) is 9.69 Å². The van der Waals surface area contributed by atoms with Crippen molar-refractivity contribution >= 4 is 5.91 Å². The number of carbonyl (C=O) groups excluding carboxylic acids is 1. The fraction of sp³-hybridized carbons (Fsp3) is 0.367. The predicted octanol–water partition coefficient (Wildman–Crippen LogP) is 7.00. The van der Waals surface area contributed by atoms with Crippen molar-refractivity contribution in [3.05, 3.63) is 107 Å². The average molecular weight is 531 g/mol. The van der Waals surface area contributed by atoms with Crippen molar-refractivity contribution in [1.29, 1.82) is 0 Å². The van der Waals surface area contributed by atoms with Crippen LogP contribution in [0.5, 0.6) is 0 Å². The molecule has 2 atom stereocenters. The Bertz CT molecular complexity index is 1240. The molecule has 0 spiro atoms. The zero-order valence-electron chi connectivity index (χ0n) is 21.4. The first-order valence-electron chi connectivity index (χ1n) is 12.7. The number of halogens is 5. The number of hydrogen-bond donors (Lipinski definition) is 0. The molecule has 0 unspecified atom stereocenters. The summed E-state index contributed by atoms with van der Waals surface area (Å²) in [6, 6.07) is 17.1. The van der Waals surface area contributed by atoms with Crippen LogP contribution in [0.15, 0.2) is 72.8 Å². The van der Waals surface area contributed by atoms with E-state index in [0.29, 0.717) is 49.4 Å². The van der Waals surface area contributed by atoms with Gasteiger partial charge in [0, 0.05) is 49.8 Å². The first-order valence-corrected chi connectivity index (χ1v) is 12.7. The number of alkyl halides is 3. The van der Waals surface area contributed by atoms with Gasteiger partial charge in [0.2, 0.25) is 0 Å². The zero-order valence-corrected chi connectivity index (χ0v) is 21.4. The summed E-state index contributed by atoms with van der Waals surface area (Å²) in [4.78, 5) is 17.2. The third-order valence-electron chi connectivity index (χ3n) is 6.93. The van der Waals surface area contributed by atoms with E-state index in [1.54, 1.807) is 29.2 Å². The Morgan fingerprint density at radius 2 is 1.68 bits per heavy atom. The van der Waals surface area contributed by atoms with E-state index in [2.05, 4.69) is 0 Å². The molecule has 1 fully saturated rings. The molecule has 1 aliphatic heterocycles. The lowest BCUT2D eigenvalue weighted by Gasteiger charge is -2.30. The summed E-state index contributed by atoms with van der Waals surface area (Å²) in [6.07, 6.45) is -4.47. The molecule has 0 bridgehead atoms. The fourth-order valence-electron chi connectivity index (χ4n) is 5.20. The lowest BCUT2D eigenvalue weighted by molar-refractivity contribution is -0.137. The molecule has 0 aromatic heterocycles. The Labute approximate surface area is 219 Å². The second-order valence-electron chi connectivity index (χ2n) is 10.4. The lowest BCUT2D eigenvalue weighted by atomic mass is 9.87. The number of rotatable bonds is 8. The van der Waals surface area contributed by atoms with Crippen molar-refractivity contribution in [2.24, 2.45) is 11.8 Å². The van der Waals surface area contributed by atoms with E-state index in [0.717, 1.165) is 6.07 Å². The van der Waals surface area contributed by atoms with Crippen molar-refractivity contribution in [3.8, 4) is 0 Å². The molecule has 0 aliphatic carbocycles. The van der Waals surface area contributed by atoms with Crippen LogP contribution in [0.1, 0.15) is 46.8 Å². The van der Waals surface area contributed by atoms with Crippen LogP contribution in [0.4, 0.5) is 22.0 Å². The molecule has 4 rings (SSSR count). The summed E-state index contributed by atoms with van der Waals surface area (Å²) in [5, 5.41) is 0. The molecular weight excluding hydrogens is 499 g/mol. The molecule has 38 heavy (non-hydrogen) atoms. The number of carbonyl (C=O) groups is 1. The smallest absolute Gasteiger partial charge is 0.338 e. The average Bonchev–Trinajstić information content (AvgIpc) is 3.26. The van der Waals surface area contributed by atoms with Gasteiger partial charge in [-0.05, 0) is 53.8 Å². The molecule has 3 nitrogen and oxygen atoms in total. The predicted molar refractivity (Wildman–Crippen MR) is 136 cm³/mol. The van der Waals surface area contributed by atoms with Crippen molar-refractivity contribution in [2.45, 2.75) is 32.5 Å². The Morgan fingerprint density at radius 3 is 2.34 bits per heavy atom. The molecule has 1 aliphatic rings. The van der Waals surface area contributed by atoms with E-state index in [4.69, 9.17) is 0 Å². The van der Waals surface area contributed by atoms with E-state index < -0.39 is 17.6 Å². The van der Waals surface area contributed by atoms with Gasteiger partial charge in [0.1, 0.15) is 11.6 Å². The normalized spacial score (nSPS) is 18.2. The summed E-state index contributed by atoms with van der Waals surface area (Å²) in [5.74, 6) is -1.37. The van der Waals surface area contributed by atoms with Gasteiger partial charge in [-0.1, -0.05) is 50.2 Å². The highest BCUT2D eigenvalue weighted by Gasteiger charge is 2.38. The highest BCUT2D eigenvalue weighted by atomic mass is 19.4. The molecule has 3 aromatic carbocycles. The molecular formula is C30H31F5N2O. The Balaban J connectivity index is 1.64. The van der Waals surface area contributed by atoms with Gasteiger partial charge in [-0.25, -0.2) is 8.78 Å². The van der Waals surface area contributed by atoms with Gasteiger partial charge in [-0.2, -0.15) is 13.2 Å². The standard InChI is InChI=1S/C30H31F5N2O/c1-20(2)15-37(29(38)21-10-12-26(31)13-11-21)18-24-17-36(16-23-6-3-4-9-28(23)32)19-27(24)22-7-5-8-25(14-22)30(33,34)35/h3-14,20,24,27H,15-19H2,1-2H3/t24-,27-/m0/s1. The Hall–Kier alpha value is -3.26. The van der Waals surface area contributed by atoms with Gasteiger partial charge >= 0.3 is 6.18 Å². The zero-order chi connectivity index (χ0) is 27.4. The molecule has 202 valence electrons. The molecule has 8 heteroatoms. The fourth-order valence-corrected chi connectivity index (χ4v) is 5.20. The second kappa shape index (κ2) is 11.6. The third kappa shape index (κ3) is 6.78. The van der Waals surface area contributed by atoms with Gasteiger partial charge in [-0.15, -0.1) is 0 Å². The summed E-state index contributed by atoms with van der Waals surface area (Å²) < 4.78 is 68.4. The van der Waals surface area contributed by atoms with Crippen molar-refractivity contribution in [2.75, 3.05) is 26.2 Å². The molecule has 0 N–H and O–H groups in total. The number of amides is 1. The quantitative estimate of drug-likeness (QED) is 0.293. The van der Waals surface area contributed by atoms with E-state index in [9.17, 15) is 26.7 Å². The van der Waals surface area contributed by atoms with Crippen molar-refractivity contribution < 1.29 is 26.7 Å². The first-order chi connectivity index (χ1) is 18.0. The number of benzene rings is 3. The largest absolute Gasteiger partial charge is 0.416 e. The van der Waals surface area contributed by atoms with Gasteiger partial charge in [0.25, 0.3) is 5.91 Å². The van der Waals surface area contributed by atoms with E-state index in [-0.39, 0.29) is 29.5 Å². The van der Waals surface area contributed by atoms with Crippen LogP contribution in [-0.2, 0) is 12.7 Å². The number of nitrogens with zero attached hydrogens (tertiary/aromatic N) is 2. The van der Waals surface area contributed by atoms with Crippen LogP contribution >= 0.6 is 0 Å². The molecule has 3 aromatic rings. The minimum Gasteiger partial charge on any atom is -0.338 e. The minimum atomic E-state index is -4.47. The molecule has 1 saturated heterocycles. The maximum absolute atomic E-state index is 14.4. The monoisotopic (exact) mass is 530 g/mol. The summed E-state index contributed by atoms with van der Waals surface area (Å²) >= 11 is 0. The number of hydrogen-bond acceptors (Lipinski definition) is 2. The molecule has 0 saturated carbocycles. The maximum Gasteiger partial charge on any atom is 0.416 e. The van der Waals surface area contributed by atoms with Crippen LogP contribution in [0.3, 0.4) is 0 Å². The summed E-state index contributed by atoms with van der Waals surface area (Å²) in [6.45, 7) is 5.94. The van der Waals surface area contributed by atoms with Crippen LogP contribution < -0.4 is 0 Å². The highest BCUT2D eigenvalue weighted by molar-refractivity contribution is 5.94. The Kier molecular flexibility index (Phi) is 8.51. The van der Waals surface area contributed by atoms with E-state index >= 15 is 0 Å². The lowest BCUT2D eigenvalue weighted by Crippen LogP contribution is -2.39. The third-order valence-corrected chi connectivity index (χ3v) is 6.93. The van der Waals surface area contributed by atoms with Crippen molar-refractivity contribution in [3.63, 3.8) is 0 Å². The topological polar surface area (TPSA) is 23.6 Å². The SMILES string of the molecule is CC(C)CN(C[C@@H]1CN(Cc2ccccc2F)C[C@H]1c1cccc(C(F)(F)F)c1)C(=O)c1ccc(F)cc1. The van der Waals surface area contributed by atoms with Gasteiger partial charge in [0.05, 0.1) is 5.56 Å². The van der Waals surface area contributed by atoms with Crippen LogP contribution in [0.2, 0.25) is 0 Å². The molecule has 1 heterocycles. The summed E-state index contributed by atoms with van der Waals surface area (Å²) in [7, 11) is 0. The van der Waals surface area contributed by atoms with Crippen LogP contribution in [0, 0.1) is 23.5 Å². The minimum absolute atomic E-state index is 0.141. The highest BCUT2D eigenvalue weighted by Crippen LogP contribution is 2.37. The molecule has 1 amide bonds. The maximum atomic E-state index is 14.4. The first kappa shape index (κ1) is 27.8. The summed E-state index contributed by atoms with van der Waals surface area (Å²) in [5.41, 5.74) is 0.684. The molecule has 0 radical (unpaired) electrons. The van der Waals surface area contributed by atoms with Crippen LogP contribution in [0.25, 0.3) is 0 Å². The van der Waals surface area contributed by atoms with E-state index in [1.807, 2.05) is 18.7 Å².